The van der Waals surface area contributed by atoms with Gasteiger partial charge in [-0.25, -0.2) is 8.42 Å². The van der Waals surface area contributed by atoms with Gasteiger partial charge in [0.2, 0.25) is 15.9 Å². The van der Waals surface area contributed by atoms with Gasteiger partial charge in [-0.2, -0.15) is 4.31 Å². The van der Waals surface area contributed by atoms with Crippen LogP contribution in [0.5, 0.6) is 5.75 Å². The molecule has 1 fully saturated rings. The molecule has 0 aromatic heterocycles. The molecular formula is C29H39N3O6S. The molecule has 2 aromatic rings. The zero-order valence-electron chi connectivity index (χ0n) is 22.9. The van der Waals surface area contributed by atoms with E-state index in [9.17, 15) is 18.3 Å². The molecule has 1 amide bonds. The molecule has 1 saturated heterocycles. The molecule has 2 aliphatic heterocycles. The fourth-order valence-corrected chi connectivity index (χ4v) is 6.59. The number of ether oxygens (including phenoxy) is 2. The van der Waals surface area contributed by atoms with Gasteiger partial charge in [-0.1, -0.05) is 55.5 Å². The van der Waals surface area contributed by atoms with Crippen LogP contribution in [0.4, 0.5) is 0 Å². The molecule has 0 unspecified atom stereocenters. The molecule has 3 atom stereocenters. The first-order chi connectivity index (χ1) is 18.7. The van der Waals surface area contributed by atoms with Crippen LogP contribution in [0, 0.1) is 5.92 Å². The number of rotatable bonds is 8. The predicted molar refractivity (Wildman–Crippen MR) is 151 cm³/mol. The summed E-state index contributed by atoms with van der Waals surface area (Å²) in [5, 5.41) is 9.86. The maximum absolute atomic E-state index is 13.7. The van der Waals surface area contributed by atoms with Crippen LogP contribution in [0.1, 0.15) is 25.0 Å². The smallest absolute Gasteiger partial charge is 0.247 e. The molecule has 2 heterocycles. The zero-order chi connectivity index (χ0) is 28.0. The molecular weight excluding hydrogens is 518 g/mol. The van der Waals surface area contributed by atoms with Crippen LogP contribution in [0.3, 0.4) is 0 Å². The van der Waals surface area contributed by atoms with E-state index in [0.717, 1.165) is 11.1 Å². The molecule has 10 heteroatoms. The van der Waals surface area contributed by atoms with Crippen molar-refractivity contribution in [3.8, 4) is 5.75 Å². The molecule has 2 aromatic carbocycles. The quantitative estimate of drug-likeness (QED) is 0.498. The van der Waals surface area contributed by atoms with Crippen LogP contribution in [-0.4, -0.2) is 105 Å². The summed E-state index contributed by atoms with van der Waals surface area (Å²) in [6.07, 6.45) is 3.41. The molecule has 4 rings (SSSR count). The van der Waals surface area contributed by atoms with E-state index in [-0.39, 0.29) is 35.6 Å². The lowest BCUT2D eigenvalue weighted by molar-refractivity contribution is -0.133. The standard InChI is InChI=1S/C29H39N3O6S/c1-22-18-32(23(2)21-33)39(35,36)28-12-11-25(10-9-24-7-5-4-6-8-24)17-26(28)38-27(22)19-30(3)29(34)20-31-13-15-37-16-14-31/h4-12,17,22-23,27,33H,13-16,18-21H2,1-3H3/b10-9+/t22-,23-,27+/m0/s1. The van der Waals surface area contributed by atoms with Gasteiger partial charge < -0.3 is 19.5 Å². The number of carbonyl (C=O) groups excluding carboxylic acids is 1. The van der Waals surface area contributed by atoms with Gasteiger partial charge in [0.05, 0.1) is 32.9 Å². The number of hydrogen-bond donors (Lipinski definition) is 1. The molecule has 9 nitrogen and oxygen atoms in total. The highest BCUT2D eigenvalue weighted by Gasteiger charge is 2.38. The Morgan fingerprint density at radius 1 is 1.13 bits per heavy atom. The van der Waals surface area contributed by atoms with Crippen LogP contribution >= 0.6 is 0 Å². The summed E-state index contributed by atoms with van der Waals surface area (Å²) in [7, 11) is -2.18. The van der Waals surface area contributed by atoms with E-state index in [1.807, 2.05) is 49.4 Å². The highest BCUT2D eigenvalue weighted by molar-refractivity contribution is 7.89. The monoisotopic (exact) mass is 557 g/mol. The number of nitrogens with zero attached hydrogens (tertiary/aromatic N) is 3. The van der Waals surface area contributed by atoms with E-state index in [1.54, 1.807) is 37.1 Å². The second kappa shape index (κ2) is 13.1. The summed E-state index contributed by atoms with van der Waals surface area (Å²) < 4.78 is 40.6. The summed E-state index contributed by atoms with van der Waals surface area (Å²) in [6, 6.07) is 14.3. The Morgan fingerprint density at radius 3 is 2.51 bits per heavy atom. The zero-order valence-corrected chi connectivity index (χ0v) is 23.7. The highest BCUT2D eigenvalue weighted by Crippen LogP contribution is 2.34. The van der Waals surface area contributed by atoms with Gasteiger partial charge in [0, 0.05) is 38.6 Å². The minimum atomic E-state index is -3.93. The number of benzene rings is 2. The van der Waals surface area contributed by atoms with Crippen molar-refractivity contribution in [1.29, 1.82) is 0 Å². The minimum Gasteiger partial charge on any atom is -0.487 e. The molecule has 0 radical (unpaired) electrons. The lowest BCUT2D eigenvalue weighted by Crippen LogP contribution is -2.51. The first kappa shape index (κ1) is 29.2. The summed E-state index contributed by atoms with van der Waals surface area (Å²) in [5.41, 5.74) is 1.81. The number of hydrogen-bond acceptors (Lipinski definition) is 7. The second-order valence-electron chi connectivity index (χ2n) is 10.4. The van der Waals surface area contributed by atoms with Crippen LogP contribution < -0.4 is 4.74 Å². The number of aliphatic hydroxyl groups excluding tert-OH is 1. The lowest BCUT2D eigenvalue weighted by atomic mass is 10.0. The van der Waals surface area contributed by atoms with Gasteiger partial charge in [0.1, 0.15) is 16.7 Å². The van der Waals surface area contributed by atoms with Crippen molar-refractivity contribution in [3.05, 3.63) is 59.7 Å². The number of fused-ring (bicyclic) bond motifs is 1. The third-order valence-corrected chi connectivity index (χ3v) is 9.32. The van der Waals surface area contributed by atoms with Gasteiger partial charge in [-0.3, -0.25) is 9.69 Å². The molecule has 0 aliphatic carbocycles. The van der Waals surface area contributed by atoms with Crippen molar-refractivity contribution >= 4 is 28.1 Å². The Morgan fingerprint density at radius 2 is 1.82 bits per heavy atom. The average Bonchev–Trinajstić information content (AvgIpc) is 2.94. The van der Waals surface area contributed by atoms with Crippen LogP contribution in [0.25, 0.3) is 12.2 Å². The summed E-state index contributed by atoms with van der Waals surface area (Å²) >= 11 is 0. The number of likely N-dealkylation sites (N-methyl/N-ethyl adjacent to an activating group) is 1. The molecule has 1 N–H and O–H groups in total. The predicted octanol–water partition coefficient (Wildman–Crippen LogP) is 2.42. The van der Waals surface area contributed by atoms with Crippen molar-refractivity contribution in [1.82, 2.24) is 14.1 Å². The van der Waals surface area contributed by atoms with Gasteiger partial charge in [-0.15, -0.1) is 0 Å². The Labute approximate surface area is 231 Å². The van der Waals surface area contributed by atoms with Crippen LogP contribution in [0.2, 0.25) is 0 Å². The van der Waals surface area contributed by atoms with Crippen LogP contribution in [0.15, 0.2) is 53.4 Å². The number of aliphatic hydroxyl groups is 1. The molecule has 0 spiro atoms. The van der Waals surface area contributed by atoms with E-state index >= 15 is 0 Å². The van der Waals surface area contributed by atoms with Crippen molar-refractivity contribution in [2.24, 2.45) is 5.92 Å². The summed E-state index contributed by atoms with van der Waals surface area (Å²) in [6.45, 7) is 6.73. The SMILES string of the molecule is C[C@H]1CN([C@@H](C)CO)S(=O)(=O)c2ccc(/C=C/c3ccccc3)cc2O[C@@H]1CN(C)C(=O)CN1CCOCC1. The van der Waals surface area contributed by atoms with Crippen molar-refractivity contribution < 1.29 is 27.8 Å². The van der Waals surface area contributed by atoms with Crippen molar-refractivity contribution in [2.75, 3.05) is 59.6 Å². The Hall–Kier alpha value is -2.76. The highest BCUT2D eigenvalue weighted by atomic mass is 32.2. The number of sulfonamides is 1. The molecule has 0 bridgehead atoms. The van der Waals surface area contributed by atoms with E-state index < -0.39 is 22.2 Å². The molecule has 212 valence electrons. The van der Waals surface area contributed by atoms with Gasteiger partial charge in [0.15, 0.2) is 0 Å². The normalized spacial score (nSPS) is 22.9. The maximum Gasteiger partial charge on any atom is 0.247 e. The Balaban J connectivity index is 1.62. The fraction of sp³-hybridized carbons (Fsp3) is 0.483. The molecule has 2 aliphatic rings. The lowest BCUT2D eigenvalue weighted by Gasteiger charge is -2.38. The number of morpholine rings is 1. The molecule has 39 heavy (non-hydrogen) atoms. The topological polar surface area (TPSA) is 99.6 Å². The first-order valence-corrected chi connectivity index (χ1v) is 14.8. The second-order valence-corrected chi connectivity index (χ2v) is 12.2. The first-order valence-electron chi connectivity index (χ1n) is 13.4. The van der Waals surface area contributed by atoms with Gasteiger partial charge >= 0.3 is 0 Å². The van der Waals surface area contributed by atoms with Crippen molar-refractivity contribution in [2.45, 2.75) is 30.9 Å². The third kappa shape index (κ3) is 7.26. The van der Waals surface area contributed by atoms with E-state index in [4.69, 9.17) is 9.47 Å². The third-order valence-electron chi connectivity index (χ3n) is 7.30. The average molecular weight is 558 g/mol. The summed E-state index contributed by atoms with van der Waals surface area (Å²) in [4.78, 5) is 16.8. The Bertz CT molecular complexity index is 1250. The molecule has 0 saturated carbocycles. The number of amides is 1. The van der Waals surface area contributed by atoms with Crippen molar-refractivity contribution in [3.63, 3.8) is 0 Å². The maximum atomic E-state index is 13.7. The van der Waals surface area contributed by atoms with E-state index in [0.29, 0.717) is 39.4 Å². The van der Waals surface area contributed by atoms with E-state index in [2.05, 4.69) is 4.90 Å². The summed E-state index contributed by atoms with van der Waals surface area (Å²) in [5.74, 6) is -0.0299. The van der Waals surface area contributed by atoms with Gasteiger partial charge in [-0.05, 0) is 30.2 Å². The largest absolute Gasteiger partial charge is 0.487 e. The number of carbonyl (C=O) groups is 1. The van der Waals surface area contributed by atoms with Crippen LogP contribution in [-0.2, 0) is 19.6 Å². The van der Waals surface area contributed by atoms with Gasteiger partial charge in [0.25, 0.3) is 0 Å². The fourth-order valence-electron chi connectivity index (χ4n) is 4.76. The van der Waals surface area contributed by atoms with E-state index in [1.165, 1.54) is 4.31 Å². The minimum absolute atomic E-state index is 0.0252. The Kier molecular flexibility index (Phi) is 9.79.